The van der Waals surface area contributed by atoms with Gasteiger partial charge in [0, 0.05) is 29.8 Å². The van der Waals surface area contributed by atoms with Crippen molar-refractivity contribution in [1.29, 1.82) is 0 Å². The van der Waals surface area contributed by atoms with Crippen LogP contribution >= 0.6 is 0 Å². The van der Waals surface area contributed by atoms with Gasteiger partial charge in [0.15, 0.2) is 5.82 Å². The topological polar surface area (TPSA) is 110 Å². The lowest BCUT2D eigenvalue weighted by Crippen LogP contribution is -2.21. The molecule has 0 radical (unpaired) electrons. The normalized spacial score (nSPS) is 12.7. The van der Waals surface area contributed by atoms with Gasteiger partial charge in [-0.3, -0.25) is 4.98 Å². The van der Waals surface area contributed by atoms with E-state index in [4.69, 9.17) is 5.73 Å². The number of aliphatic hydroxyl groups excluding tert-OH is 2. The quantitative estimate of drug-likeness (QED) is 0.501. The molecule has 0 amide bonds. The van der Waals surface area contributed by atoms with E-state index < -0.39 is 6.10 Å². The van der Waals surface area contributed by atoms with Crippen molar-refractivity contribution in [2.45, 2.75) is 26.0 Å². The van der Waals surface area contributed by atoms with E-state index in [1.807, 2.05) is 41.8 Å². The minimum absolute atomic E-state index is 0.249. The summed E-state index contributed by atoms with van der Waals surface area (Å²) in [7, 11) is 0. The molecule has 1 unspecified atom stereocenters. The van der Waals surface area contributed by atoms with Crippen molar-refractivity contribution < 1.29 is 10.2 Å². The number of aromatic nitrogens is 4. The predicted molar refractivity (Wildman–Crippen MR) is 105 cm³/mol. The monoisotopic (exact) mass is 363 g/mol. The fourth-order valence-electron chi connectivity index (χ4n) is 3.41. The van der Waals surface area contributed by atoms with Crippen molar-refractivity contribution in [2.75, 3.05) is 12.3 Å². The van der Waals surface area contributed by atoms with Crippen LogP contribution in [0.3, 0.4) is 0 Å². The standard InChI is InChI=1S/C20H21N5O2/c1-2-17-24-18-19(25(17)10-14(27)11-26)15-6-5-12(8-16(15)23-20(18)21)13-4-3-7-22-9-13/h3-9,14,26-27H,2,10-11H2,1H3,(H2,21,23). The third-order valence-electron chi connectivity index (χ3n) is 4.70. The highest BCUT2D eigenvalue weighted by molar-refractivity contribution is 6.07. The number of pyridine rings is 2. The van der Waals surface area contributed by atoms with Gasteiger partial charge >= 0.3 is 0 Å². The first-order valence-corrected chi connectivity index (χ1v) is 8.90. The summed E-state index contributed by atoms with van der Waals surface area (Å²) in [4.78, 5) is 13.3. The second-order valence-electron chi connectivity index (χ2n) is 6.50. The van der Waals surface area contributed by atoms with Crippen molar-refractivity contribution in [3.05, 3.63) is 48.5 Å². The number of anilines is 1. The van der Waals surface area contributed by atoms with Crippen LogP contribution in [0.2, 0.25) is 0 Å². The Hall–Kier alpha value is -3.03. The summed E-state index contributed by atoms with van der Waals surface area (Å²) in [5.41, 5.74) is 10.4. The Balaban J connectivity index is 1.98. The number of fused-ring (bicyclic) bond motifs is 3. The Bertz CT molecular complexity index is 1110. The third-order valence-corrected chi connectivity index (χ3v) is 4.70. The molecule has 0 fully saturated rings. The molecule has 0 aliphatic carbocycles. The van der Waals surface area contributed by atoms with Gasteiger partial charge in [0.05, 0.1) is 30.3 Å². The number of nitrogen functional groups attached to an aromatic ring is 1. The molecule has 138 valence electrons. The van der Waals surface area contributed by atoms with E-state index in [1.54, 1.807) is 12.4 Å². The molecular weight excluding hydrogens is 342 g/mol. The summed E-state index contributed by atoms with van der Waals surface area (Å²) in [6, 6.07) is 9.88. The maximum absolute atomic E-state index is 9.99. The lowest BCUT2D eigenvalue weighted by Gasteiger charge is -2.13. The zero-order chi connectivity index (χ0) is 19.0. The Labute approximate surface area is 156 Å². The van der Waals surface area contributed by atoms with Crippen molar-refractivity contribution in [1.82, 2.24) is 19.5 Å². The molecule has 7 heteroatoms. The maximum atomic E-state index is 9.99. The molecule has 0 bridgehead atoms. The van der Waals surface area contributed by atoms with Crippen LogP contribution in [0.4, 0.5) is 5.82 Å². The van der Waals surface area contributed by atoms with E-state index >= 15 is 0 Å². The van der Waals surface area contributed by atoms with E-state index in [0.717, 1.165) is 33.4 Å². The van der Waals surface area contributed by atoms with Crippen molar-refractivity contribution in [3.8, 4) is 11.1 Å². The van der Waals surface area contributed by atoms with E-state index in [9.17, 15) is 10.2 Å². The summed E-state index contributed by atoms with van der Waals surface area (Å²) in [6.07, 6.45) is 3.36. The van der Waals surface area contributed by atoms with Gasteiger partial charge in [-0.25, -0.2) is 9.97 Å². The molecular formula is C20H21N5O2. The molecule has 27 heavy (non-hydrogen) atoms. The number of rotatable bonds is 5. The zero-order valence-electron chi connectivity index (χ0n) is 15.0. The lowest BCUT2D eigenvalue weighted by molar-refractivity contribution is 0.0815. The van der Waals surface area contributed by atoms with E-state index in [-0.39, 0.29) is 13.2 Å². The highest BCUT2D eigenvalue weighted by atomic mass is 16.3. The van der Waals surface area contributed by atoms with E-state index in [1.165, 1.54) is 0 Å². The van der Waals surface area contributed by atoms with Crippen LogP contribution in [0.25, 0.3) is 33.1 Å². The SMILES string of the molecule is CCc1nc2c(N)nc3cc(-c4cccnc4)ccc3c2n1CC(O)CO. The number of hydrogen-bond donors (Lipinski definition) is 3. The molecule has 4 N–H and O–H groups in total. The Morgan fingerprint density at radius 2 is 2.04 bits per heavy atom. The van der Waals surface area contributed by atoms with Gasteiger partial charge in [-0.05, 0) is 17.7 Å². The van der Waals surface area contributed by atoms with Crippen LogP contribution in [0.15, 0.2) is 42.7 Å². The van der Waals surface area contributed by atoms with Gasteiger partial charge < -0.3 is 20.5 Å². The summed E-state index contributed by atoms with van der Waals surface area (Å²) < 4.78 is 1.93. The second kappa shape index (κ2) is 6.94. The van der Waals surface area contributed by atoms with E-state index in [0.29, 0.717) is 17.8 Å². The van der Waals surface area contributed by atoms with Gasteiger partial charge in [0.1, 0.15) is 11.3 Å². The molecule has 0 saturated heterocycles. The molecule has 0 spiro atoms. The minimum Gasteiger partial charge on any atom is -0.394 e. The Kier molecular flexibility index (Phi) is 4.47. The number of hydrogen-bond acceptors (Lipinski definition) is 6. The van der Waals surface area contributed by atoms with Gasteiger partial charge in [-0.2, -0.15) is 0 Å². The first-order chi connectivity index (χ1) is 13.1. The van der Waals surface area contributed by atoms with Gasteiger partial charge in [-0.15, -0.1) is 0 Å². The van der Waals surface area contributed by atoms with Crippen molar-refractivity contribution >= 4 is 27.8 Å². The van der Waals surface area contributed by atoms with Crippen LogP contribution in [0.1, 0.15) is 12.7 Å². The van der Waals surface area contributed by atoms with Crippen molar-refractivity contribution in [2.24, 2.45) is 0 Å². The smallest absolute Gasteiger partial charge is 0.152 e. The Morgan fingerprint density at radius 3 is 2.74 bits per heavy atom. The number of nitrogens with zero attached hydrogens (tertiary/aromatic N) is 4. The first-order valence-electron chi connectivity index (χ1n) is 8.90. The molecule has 1 atom stereocenters. The zero-order valence-corrected chi connectivity index (χ0v) is 15.0. The van der Waals surface area contributed by atoms with Crippen molar-refractivity contribution in [3.63, 3.8) is 0 Å². The van der Waals surface area contributed by atoms with Crippen LogP contribution in [0, 0.1) is 0 Å². The lowest BCUT2D eigenvalue weighted by atomic mass is 10.0. The fraction of sp³-hybridized carbons (Fsp3) is 0.250. The molecule has 0 saturated carbocycles. The highest BCUT2D eigenvalue weighted by Crippen LogP contribution is 2.32. The highest BCUT2D eigenvalue weighted by Gasteiger charge is 2.18. The first kappa shape index (κ1) is 17.4. The molecule has 3 aromatic heterocycles. The number of aliphatic hydroxyl groups is 2. The molecule has 0 aliphatic rings. The second-order valence-corrected chi connectivity index (χ2v) is 6.50. The fourth-order valence-corrected chi connectivity index (χ4v) is 3.41. The predicted octanol–water partition coefficient (Wildman–Crippen LogP) is 2.14. The van der Waals surface area contributed by atoms with Crippen LogP contribution in [-0.4, -0.2) is 42.4 Å². The third kappa shape index (κ3) is 3.01. The number of benzene rings is 1. The number of imidazole rings is 1. The number of aryl methyl sites for hydroxylation is 1. The van der Waals surface area contributed by atoms with E-state index in [2.05, 4.69) is 15.0 Å². The minimum atomic E-state index is -0.869. The average Bonchev–Trinajstić information content (AvgIpc) is 3.07. The maximum Gasteiger partial charge on any atom is 0.152 e. The molecule has 0 aliphatic heterocycles. The molecule has 7 nitrogen and oxygen atoms in total. The summed E-state index contributed by atoms with van der Waals surface area (Å²) in [5, 5.41) is 20.2. The molecule has 4 rings (SSSR count). The largest absolute Gasteiger partial charge is 0.394 e. The summed E-state index contributed by atoms with van der Waals surface area (Å²) in [6.45, 7) is 1.93. The molecule has 1 aromatic carbocycles. The number of nitrogens with two attached hydrogens (primary N) is 1. The van der Waals surface area contributed by atoms with Gasteiger partial charge in [0.2, 0.25) is 0 Å². The van der Waals surface area contributed by atoms with Crippen LogP contribution in [0.5, 0.6) is 0 Å². The Morgan fingerprint density at radius 1 is 1.19 bits per heavy atom. The van der Waals surface area contributed by atoms with Gasteiger partial charge in [-0.1, -0.05) is 25.1 Å². The molecule has 3 heterocycles. The average molecular weight is 363 g/mol. The van der Waals surface area contributed by atoms with Crippen LogP contribution in [-0.2, 0) is 13.0 Å². The van der Waals surface area contributed by atoms with Gasteiger partial charge in [0.25, 0.3) is 0 Å². The van der Waals surface area contributed by atoms with Crippen LogP contribution < -0.4 is 5.73 Å². The summed E-state index contributed by atoms with van der Waals surface area (Å²) >= 11 is 0. The summed E-state index contributed by atoms with van der Waals surface area (Å²) in [5.74, 6) is 1.16. The molecule has 4 aromatic rings.